The molecular formula is C19H27NSi. The Bertz CT molecular complexity index is 581. The Morgan fingerprint density at radius 3 is 2.14 bits per heavy atom. The molecule has 1 nitrogen and oxygen atoms in total. The fourth-order valence-corrected chi connectivity index (χ4v) is 3.74. The Kier molecular flexibility index (Phi) is 5.02. The zero-order chi connectivity index (χ0) is 15.5. The van der Waals surface area contributed by atoms with E-state index in [2.05, 4.69) is 87.3 Å². The van der Waals surface area contributed by atoms with Gasteiger partial charge >= 0.3 is 0 Å². The molecule has 0 aromatic heterocycles. The lowest BCUT2D eigenvalue weighted by Gasteiger charge is -2.18. The average molecular weight is 298 g/mol. The van der Waals surface area contributed by atoms with Crippen molar-refractivity contribution in [3.63, 3.8) is 0 Å². The first kappa shape index (κ1) is 16.0. The van der Waals surface area contributed by atoms with Crippen LogP contribution in [0.4, 0.5) is 0 Å². The van der Waals surface area contributed by atoms with Gasteiger partial charge in [0.1, 0.15) is 0 Å². The number of nitrogens with one attached hydrogen (secondary N) is 1. The van der Waals surface area contributed by atoms with Gasteiger partial charge in [0.25, 0.3) is 0 Å². The number of aryl methyl sites for hydroxylation is 1. The van der Waals surface area contributed by atoms with Gasteiger partial charge < -0.3 is 5.32 Å². The van der Waals surface area contributed by atoms with E-state index in [0.717, 1.165) is 6.54 Å². The molecule has 0 spiro atoms. The second-order valence-electron chi connectivity index (χ2n) is 6.91. The summed E-state index contributed by atoms with van der Waals surface area (Å²) in [5, 5.41) is 5.15. The molecule has 0 bridgehead atoms. The van der Waals surface area contributed by atoms with Crippen molar-refractivity contribution < 1.29 is 0 Å². The zero-order valence-electron chi connectivity index (χ0n) is 13.9. The minimum atomic E-state index is -1.18. The van der Waals surface area contributed by atoms with E-state index in [1.54, 1.807) is 0 Å². The minimum absolute atomic E-state index is 0.378. The summed E-state index contributed by atoms with van der Waals surface area (Å²) >= 11 is 0. The molecule has 2 heteroatoms. The largest absolute Gasteiger partial charge is 0.306 e. The molecule has 21 heavy (non-hydrogen) atoms. The van der Waals surface area contributed by atoms with E-state index >= 15 is 0 Å². The van der Waals surface area contributed by atoms with E-state index in [4.69, 9.17) is 0 Å². The van der Waals surface area contributed by atoms with Gasteiger partial charge in [-0.2, -0.15) is 0 Å². The van der Waals surface area contributed by atoms with Crippen LogP contribution in [0.5, 0.6) is 0 Å². The quantitative estimate of drug-likeness (QED) is 0.807. The summed E-state index contributed by atoms with van der Waals surface area (Å²) in [6, 6.07) is 18.1. The van der Waals surface area contributed by atoms with Crippen LogP contribution in [-0.4, -0.2) is 8.07 Å². The predicted octanol–water partition coefficient (Wildman–Crippen LogP) is 4.39. The van der Waals surface area contributed by atoms with Crippen molar-refractivity contribution in [3.8, 4) is 0 Å². The molecule has 0 saturated carbocycles. The van der Waals surface area contributed by atoms with Crippen LogP contribution in [0.2, 0.25) is 19.6 Å². The molecule has 0 amide bonds. The van der Waals surface area contributed by atoms with E-state index in [-0.39, 0.29) is 0 Å². The van der Waals surface area contributed by atoms with Crippen LogP contribution in [0.3, 0.4) is 0 Å². The molecule has 2 rings (SSSR count). The van der Waals surface area contributed by atoms with Gasteiger partial charge in [-0.15, -0.1) is 0 Å². The molecule has 0 radical (unpaired) electrons. The van der Waals surface area contributed by atoms with E-state index in [1.165, 1.54) is 21.9 Å². The summed E-state index contributed by atoms with van der Waals surface area (Å²) < 4.78 is 0. The second-order valence-corrected chi connectivity index (χ2v) is 12.0. The summed E-state index contributed by atoms with van der Waals surface area (Å²) in [5.74, 6) is 0. The minimum Gasteiger partial charge on any atom is -0.306 e. The first-order chi connectivity index (χ1) is 9.88. The highest BCUT2D eigenvalue weighted by atomic mass is 28.3. The Morgan fingerprint density at radius 1 is 0.952 bits per heavy atom. The molecule has 0 aliphatic rings. The molecule has 2 aromatic rings. The SMILES string of the molecule is Cc1ccccc1C(C)NCc1ccc([Si](C)(C)C)cc1. The van der Waals surface area contributed by atoms with E-state index < -0.39 is 8.07 Å². The number of benzene rings is 2. The number of rotatable bonds is 5. The summed E-state index contributed by atoms with van der Waals surface area (Å²) in [5.41, 5.74) is 4.10. The average Bonchev–Trinajstić information content (AvgIpc) is 2.45. The first-order valence-electron chi connectivity index (χ1n) is 7.76. The normalized spacial score (nSPS) is 13.2. The Balaban J connectivity index is 1.99. The molecule has 1 N–H and O–H groups in total. The van der Waals surface area contributed by atoms with Crippen LogP contribution in [0, 0.1) is 6.92 Å². The third kappa shape index (κ3) is 4.29. The Hall–Kier alpha value is -1.38. The van der Waals surface area contributed by atoms with Gasteiger partial charge in [-0.1, -0.05) is 73.4 Å². The highest BCUT2D eigenvalue weighted by Gasteiger charge is 2.15. The molecule has 0 fully saturated rings. The van der Waals surface area contributed by atoms with Crippen LogP contribution >= 0.6 is 0 Å². The predicted molar refractivity (Wildman–Crippen MR) is 95.9 cm³/mol. The summed E-state index contributed by atoms with van der Waals surface area (Å²) in [7, 11) is -1.18. The zero-order valence-corrected chi connectivity index (χ0v) is 14.9. The smallest absolute Gasteiger partial charge is 0.0775 e. The van der Waals surface area contributed by atoms with Crippen LogP contribution in [-0.2, 0) is 6.54 Å². The fraction of sp³-hybridized carbons (Fsp3) is 0.368. The highest BCUT2D eigenvalue weighted by molar-refractivity contribution is 6.88. The van der Waals surface area contributed by atoms with Crippen molar-refractivity contribution in [1.82, 2.24) is 5.32 Å². The third-order valence-electron chi connectivity index (χ3n) is 4.09. The summed E-state index contributed by atoms with van der Waals surface area (Å²) in [6.07, 6.45) is 0. The molecule has 1 atom stereocenters. The maximum absolute atomic E-state index is 3.63. The molecule has 0 heterocycles. The van der Waals surface area contributed by atoms with Gasteiger partial charge in [-0.05, 0) is 30.5 Å². The van der Waals surface area contributed by atoms with Crippen molar-refractivity contribution >= 4 is 13.3 Å². The first-order valence-corrected chi connectivity index (χ1v) is 11.3. The van der Waals surface area contributed by atoms with Gasteiger partial charge in [0.2, 0.25) is 0 Å². The molecule has 112 valence electrons. The maximum atomic E-state index is 3.63. The van der Waals surface area contributed by atoms with Crippen LogP contribution in [0.25, 0.3) is 0 Å². The van der Waals surface area contributed by atoms with Crippen molar-refractivity contribution in [1.29, 1.82) is 0 Å². The highest BCUT2D eigenvalue weighted by Crippen LogP contribution is 2.17. The van der Waals surface area contributed by atoms with Gasteiger partial charge in [-0.25, -0.2) is 0 Å². The molecule has 0 saturated heterocycles. The lowest BCUT2D eigenvalue weighted by molar-refractivity contribution is 0.572. The van der Waals surface area contributed by atoms with E-state index in [9.17, 15) is 0 Å². The topological polar surface area (TPSA) is 12.0 Å². The molecular weight excluding hydrogens is 270 g/mol. The summed E-state index contributed by atoms with van der Waals surface area (Å²) in [6.45, 7) is 12.5. The fourth-order valence-electron chi connectivity index (χ4n) is 2.58. The molecule has 0 aliphatic heterocycles. The standard InChI is InChI=1S/C19H27NSi/c1-15-8-6-7-9-19(15)16(2)20-14-17-10-12-18(13-11-17)21(3,4)5/h6-13,16,20H,14H2,1-5H3. The van der Waals surface area contributed by atoms with Crippen LogP contribution in [0.1, 0.15) is 29.7 Å². The Morgan fingerprint density at radius 2 is 1.57 bits per heavy atom. The van der Waals surface area contributed by atoms with Crippen molar-refractivity contribution in [2.24, 2.45) is 0 Å². The maximum Gasteiger partial charge on any atom is 0.0775 e. The summed E-state index contributed by atoms with van der Waals surface area (Å²) in [4.78, 5) is 0. The van der Waals surface area contributed by atoms with Crippen molar-refractivity contribution in [3.05, 3.63) is 65.2 Å². The monoisotopic (exact) mass is 297 g/mol. The molecule has 2 aromatic carbocycles. The van der Waals surface area contributed by atoms with Gasteiger partial charge in [0.05, 0.1) is 8.07 Å². The lowest BCUT2D eigenvalue weighted by atomic mass is 10.0. The van der Waals surface area contributed by atoms with Crippen molar-refractivity contribution in [2.45, 2.75) is 46.1 Å². The lowest BCUT2D eigenvalue weighted by Crippen LogP contribution is -2.37. The van der Waals surface area contributed by atoms with Gasteiger partial charge in [-0.3, -0.25) is 0 Å². The number of hydrogen-bond donors (Lipinski definition) is 1. The van der Waals surface area contributed by atoms with Crippen LogP contribution in [0.15, 0.2) is 48.5 Å². The number of hydrogen-bond acceptors (Lipinski definition) is 1. The molecule has 0 aliphatic carbocycles. The van der Waals surface area contributed by atoms with Gasteiger partial charge in [0.15, 0.2) is 0 Å². The van der Waals surface area contributed by atoms with E-state index in [1.807, 2.05) is 0 Å². The second kappa shape index (κ2) is 6.59. The van der Waals surface area contributed by atoms with Crippen LogP contribution < -0.4 is 10.5 Å². The van der Waals surface area contributed by atoms with Gasteiger partial charge in [0, 0.05) is 12.6 Å². The third-order valence-corrected chi connectivity index (χ3v) is 6.15. The van der Waals surface area contributed by atoms with Crippen molar-refractivity contribution in [2.75, 3.05) is 0 Å². The Labute approximate surface area is 130 Å². The van der Waals surface area contributed by atoms with E-state index in [0.29, 0.717) is 6.04 Å². The molecule has 1 unspecified atom stereocenters.